The van der Waals surface area contributed by atoms with Gasteiger partial charge in [-0.25, -0.2) is 18.0 Å². The van der Waals surface area contributed by atoms with Crippen molar-refractivity contribution in [2.75, 3.05) is 46.5 Å². The van der Waals surface area contributed by atoms with Crippen molar-refractivity contribution in [2.24, 2.45) is 5.41 Å². The number of aliphatic carboxylic acids is 2. The minimum atomic E-state index is -5.08. The summed E-state index contributed by atoms with van der Waals surface area (Å²) in [6, 6.07) is 13.0. The van der Waals surface area contributed by atoms with E-state index in [0.29, 0.717) is 32.1 Å². The highest BCUT2D eigenvalue weighted by Crippen LogP contribution is 2.39. The van der Waals surface area contributed by atoms with Gasteiger partial charge in [0, 0.05) is 37.9 Å². The van der Waals surface area contributed by atoms with Crippen LogP contribution in [0, 0.1) is 12.3 Å². The second-order valence-electron chi connectivity index (χ2n) is 10.2. The van der Waals surface area contributed by atoms with Crippen LogP contribution in [0.25, 0.3) is 0 Å². The molecule has 3 heterocycles. The van der Waals surface area contributed by atoms with E-state index in [1.807, 2.05) is 25.1 Å². The van der Waals surface area contributed by atoms with Crippen molar-refractivity contribution in [2.45, 2.75) is 43.6 Å². The van der Waals surface area contributed by atoms with E-state index in [2.05, 4.69) is 16.0 Å². The van der Waals surface area contributed by atoms with E-state index in [1.54, 1.807) is 29.6 Å². The molecule has 1 spiro atoms. The number of carbonyl (C=O) groups is 2. The largest absolute Gasteiger partial charge is 0.492 e. The van der Waals surface area contributed by atoms with Crippen LogP contribution >= 0.6 is 0 Å². The Balaban J connectivity index is 0.000000421. The lowest BCUT2D eigenvalue weighted by atomic mass is 9.78. The molecule has 252 valence electrons. The minimum absolute atomic E-state index is 0.217. The summed E-state index contributed by atoms with van der Waals surface area (Å²) >= 11 is 0. The van der Waals surface area contributed by atoms with Crippen molar-refractivity contribution in [3.05, 3.63) is 53.9 Å². The fraction of sp³-hybridized carbons (Fsp3) is 0.519. The van der Waals surface area contributed by atoms with Crippen LogP contribution in [0.2, 0.25) is 0 Å². The number of sulfonamides is 1. The molecule has 0 bridgehead atoms. The van der Waals surface area contributed by atoms with Crippen LogP contribution in [0.15, 0.2) is 47.4 Å². The fourth-order valence-corrected chi connectivity index (χ4v) is 6.12. The lowest BCUT2D eigenvalue weighted by Gasteiger charge is -2.45. The molecule has 0 aliphatic carbocycles. The number of benzene rings is 1. The van der Waals surface area contributed by atoms with Crippen molar-refractivity contribution < 1.29 is 64.0 Å². The summed E-state index contributed by atoms with van der Waals surface area (Å²) in [6.07, 6.45) is -8.42. The number of nitrogens with zero attached hydrogens (tertiary/aromatic N) is 3. The number of piperidine rings is 1. The molecule has 18 heteroatoms. The van der Waals surface area contributed by atoms with E-state index in [0.717, 1.165) is 43.9 Å². The van der Waals surface area contributed by atoms with E-state index in [4.69, 9.17) is 29.3 Å². The predicted molar refractivity (Wildman–Crippen MR) is 146 cm³/mol. The normalized spacial score (nSPS) is 18.0. The summed E-state index contributed by atoms with van der Waals surface area (Å²) in [5.41, 5.74) is 1.88. The lowest BCUT2D eigenvalue weighted by Crippen LogP contribution is -2.52. The molecular formula is C27H33F6N3O8S. The number of carboxylic acids is 2. The molecule has 4 rings (SSSR count). The molecule has 0 saturated carbocycles. The Morgan fingerprint density at radius 2 is 1.53 bits per heavy atom. The average Bonchev–Trinajstić information content (AvgIpc) is 2.95. The zero-order chi connectivity index (χ0) is 34.1. The van der Waals surface area contributed by atoms with Gasteiger partial charge in [0.1, 0.15) is 10.6 Å². The summed E-state index contributed by atoms with van der Waals surface area (Å²) in [4.78, 5) is 25.0. The Kier molecular flexibility index (Phi) is 13.1. The standard InChI is InChI=1S/C23H31N3O4S.2C2HF3O2/c1-19-6-5-7-20(24-19)16-25-12-10-23(11-13-25)17-26(14-15-29-2)31(27,28)22-9-4-3-8-21(22)30-18-23;2*3-2(4,5)1(6)7/h3-9H,10-18H2,1-2H3;2*(H,6,7). The molecule has 45 heavy (non-hydrogen) atoms. The fourth-order valence-electron chi connectivity index (χ4n) is 4.45. The number of halogens is 6. The van der Waals surface area contributed by atoms with Crippen molar-refractivity contribution in [3.63, 3.8) is 0 Å². The molecule has 0 atom stereocenters. The first-order valence-corrected chi connectivity index (χ1v) is 14.7. The van der Waals surface area contributed by atoms with Crippen LogP contribution in [-0.2, 0) is 30.9 Å². The smallest absolute Gasteiger partial charge is 0.490 e. The lowest BCUT2D eigenvalue weighted by molar-refractivity contribution is -0.193. The van der Waals surface area contributed by atoms with Crippen LogP contribution in [-0.4, -0.2) is 104 Å². The van der Waals surface area contributed by atoms with Gasteiger partial charge in [-0.3, -0.25) is 9.88 Å². The molecule has 2 aromatic rings. The molecular weight excluding hydrogens is 640 g/mol. The first-order chi connectivity index (χ1) is 20.8. The van der Waals surface area contributed by atoms with Gasteiger partial charge in [0.2, 0.25) is 10.0 Å². The van der Waals surface area contributed by atoms with Gasteiger partial charge in [-0.1, -0.05) is 18.2 Å². The highest BCUT2D eigenvalue weighted by Gasteiger charge is 2.43. The number of likely N-dealkylation sites (tertiary alicyclic amines) is 1. The molecule has 2 aliphatic heterocycles. The number of para-hydroxylation sites is 1. The molecule has 2 N–H and O–H groups in total. The van der Waals surface area contributed by atoms with E-state index in [1.165, 1.54) is 0 Å². The second kappa shape index (κ2) is 15.7. The van der Waals surface area contributed by atoms with Gasteiger partial charge in [0.25, 0.3) is 0 Å². The maximum absolute atomic E-state index is 13.4. The number of ether oxygens (including phenoxy) is 2. The van der Waals surface area contributed by atoms with Crippen LogP contribution in [0.3, 0.4) is 0 Å². The molecule has 0 unspecified atom stereocenters. The summed E-state index contributed by atoms with van der Waals surface area (Å²) in [5.74, 6) is -5.07. The molecule has 1 aromatic carbocycles. The quantitative estimate of drug-likeness (QED) is 0.447. The van der Waals surface area contributed by atoms with Crippen molar-refractivity contribution in [1.29, 1.82) is 0 Å². The van der Waals surface area contributed by atoms with E-state index < -0.39 is 34.3 Å². The number of pyridine rings is 1. The third-order valence-corrected chi connectivity index (χ3v) is 8.68. The maximum Gasteiger partial charge on any atom is 0.490 e. The average molecular weight is 674 g/mol. The van der Waals surface area contributed by atoms with Crippen molar-refractivity contribution >= 4 is 22.0 Å². The van der Waals surface area contributed by atoms with Gasteiger partial charge in [0.05, 0.1) is 18.9 Å². The zero-order valence-corrected chi connectivity index (χ0v) is 25.1. The van der Waals surface area contributed by atoms with Gasteiger partial charge in [0.15, 0.2) is 0 Å². The van der Waals surface area contributed by atoms with E-state index in [-0.39, 0.29) is 10.3 Å². The summed E-state index contributed by atoms with van der Waals surface area (Å²) in [6.45, 7) is 6.26. The molecule has 0 amide bonds. The van der Waals surface area contributed by atoms with Crippen LogP contribution in [0.5, 0.6) is 5.75 Å². The van der Waals surface area contributed by atoms with Crippen molar-refractivity contribution in [3.8, 4) is 5.75 Å². The van der Waals surface area contributed by atoms with Crippen LogP contribution in [0.1, 0.15) is 24.2 Å². The Bertz CT molecular complexity index is 1370. The van der Waals surface area contributed by atoms with Gasteiger partial charge in [-0.05, 0) is 57.1 Å². The molecule has 1 saturated heterocycles. The van der Waals surface area contributed by atoms with Crippen molar-refractivity contribution in [1.82, 2.24) is 14.2 Å². The number of aryl methyl sites for hydroxylation is 1. The molecule has 11 nitrogen and oxygen atoms in total. The number of alkyl halides is 6. The number of aromatic nitrogens is 1. The highest BCUT2D eigenvalue weighted by molar-refractivity contribution is 7.89. The third kappa shape index (κ3) is 11.4. The van der Waals surface area contributed by atoms with Gasteiger partial charge < -0.3 is 19.7 Å². The Hall–Kier alpha value is -3.48. The number of methoxy groups -OCH3 is 1. The first-order valence-electron chi connectivity index (χ1n) is 13.3. The SMILES string of the molecule is COCCN1CC2(CCN(Cc3cccc(C)n3)CC2)COc2ccccc2S1(=O)=O.O=C(O)C(F)(F)F.O=C(O)C(F)(F)F. The minimum Gasteiger partial charge on any atom is -0.492 e. The van der Waals surface area contributed by atoms with Gasteiger partial charge >= 0.3 is 24.3 Å². The van der Waals surface area contributed by atoms with E-state index in [9.17, 15) is 34.8 Å². The number of rotatable bonds is 5. The zero-order valence-electron chi connectivity index (χ0n) is 24.3. The topological polar surface area (TPSA) is 147 Å². The number of hydrogen-bond acceptors (Lipinski definition) is 8. The number of hydrogen-bond donors (Lipinski definition) is 2. The Labute approximate surface area is 255 Å². The number of carboxylic acid groups (broad SMARTS) is 2. The Morgan fingerprint density at radius 1 is 0.978 bits per heavy atom. The second-order valence-corrected chi connectivity index (χ2v) is 12.1. The monoisotopic (exact) mass is 673 g/mol. The Morgan fingerprint density at radius 3 is 2.04 bits per heavy atom. The molecule has 1 fully saturated rings. The summed E-state index contributed by atoms with van der Waals surface area (Å²) in [5, 5.41) is 14.2. The number of fused-ring (bicyclic) bond motifs is 1. The van der Waals surface area contributed by atoms with Gasteiger partial charge in [-0.15, -0.1) is 0 Å². The third-order valence-electron chi connectivity index (χ3n) is 6.79. The summed E-state index contributed by atoms with van der Waals surface area (Å²) in [7, 11) is -2.05. The van der Waals surface area contributed by atoms with Crippen LogP contribution < -0.4 is 4.74 Å². The first kappa shape index (κ1) is 37.7. The predicted octanol–water partition coefficient (Wildman–Crippen LogP) is 3.97. The van der Waals surface area contributed by atoms with E-state index >= 15 is 0 Å². The van der Waals surface area contributed by atoms with Crippen LogP contribution in [0.4, 0.5) is 26.3 Å². The highest BCUT2D eigenvalue weighted by atomic mass is 32.2. The molecule has 1 aromatic heterocycles. The molecule has 2 aliphatic rings. The maximum atomic E-state index is 13.4. The van der Waals surface area contributed by atoms with Gasteiger partial charge in [-0.2, -0.15) is 30.6 Å². The summed E-state index contributed by atoms with van der Waals surface area (Å²) < 4.78 is 103. The molecule has 0 radical (unpaired) electrons.